The van der Waals surface area contributed by atoms with E-state index in [1.165, 1.54) is 18.2 Å². The first-order valence-corrected chi connectivity index (χ1v) is 5.77. The van der Waals surface area contributed by atoms with Gasteiger partial charge in [0.15, 0.2) is 0 Å². The second-order valence-electron chi connectivity index (χ2n) is 3.98. The van der Waals surface area contributed by atoms with Crippen molar-refractivity contribution < 1.29 is 14.3 Å². The maximum Gasteiger partial charge on any atom is 0.335 e. The third-order valence-corrected chi connectivity index (χ3v) is 2.62. The summed E-state index contributed by atoms with van der Waals surface area (Å²) in [6, 6.07) is 7.06. The van der Waals surface area contributed by atoms with Crippen LogP contribution in [0.5, 0.6) is 0 Å². The predicted octanol–water partition coefficient (Wildman–Crippen LogP) is 3.62. The van der Waals surface area contributed by atoms with Gasteiger partial charge >= 0.3 is 5.97 Å². The number of anilines is 2. The first kappa shape index (κ1) is 13.3. The van der Waals surface area contributed by atoms with E-state index in [0.29, 0.717) is 0 Å². The standard InChI is InChI=1S/C13H10ClFN2O2/c1-7-2-3-9(15)10(4-7)16-12-6-8(13(18)19)5-11(14)17-12/h2-6H,1H3,(H,16,17)(H,18,19). The van der Waals surface area contributed by atoms with Crippen molar-refractivity contribution >= 4 is 29.1 Å². The Morgan fingerprint density at radius 1 is 1.37 bits per heavy atom. The van der Waals surface area contributed by atoms with E-state index in [4.69, 9.17) is 16.7 Å². The second-order valence-corrected chi connectivity index (χ2v) is 4.36. The molecular formula is C13H10ClFN2O2. The molecule has 0 unspecified atom stereocenters. The van der Waals surface area contributed by atoms with Gasteiger partial charge in [-0.1, -0.05) is 17.7 Å². The number of carboxylic acids is 1. The van der Waals surface area contributed by atoms with Gasteiger partial charge in [0.2, 0.25) is 0 Å². The molecule has 1 heterocycles. The average Bonchev–Trinajstić information content (AvgIpc) is 2.33. The zero-order valence-electron chi connectivity index (χ0n) is 9.95. The van der Waals surface area contributed by atoms with Crippen LogP contribution < -0.4 is 5.32 Å². The van der Waals surface area contributed by atoms with Crippen molar-refractivity contribution in [3.05, 3.63) is 52.4 Å². The number of aromatic carboxylic acids is 1. The lowest BCUT2D eigenvalue weighted by atomic mass is 10.2. The van der Waals surface area contributed by atoms with Gasteiger partial charge in [0, 0.05) is 0 Å². The molecule has 4 nitrogen and oxygen atoms in total. The summed E-state index contributed by atoms with van der Waals surface area (Å²) in [4.78, 5) is 14.8. The summed E-state index contributed by atoms with van der Waals surface area (Å²) in [6.45, 7) is 1.82. The Kier molecular flexibility index (Phi) is 3.66. The molecule has 0 aliphatic heterocycles. The van der Waals surface area contributed by atoms with Crippen molar-refractivity contribution in [3.63, 3.8) is 0 Å². The third kappa shape index (κ3) is 3.20. The van der Waals surface area contributed by atoms with Crippen molar-refractivity contribution in [2.45, 2.75) is 6.92 Å². The molecule has 0 radical (unpaired) electrons. The highest BCUT2D eigenvalue weighted by Crippen LogP contribution is 2.22. The smallest absolute Gasteiger partial charge is 0.335 e. The van der Waals surface area contributed by atoms with E-state index in [0.717, 1.165) is 5.56 Å². The summed E-state index contributed by atoms with van der Waals surface area (Å²) in [5.74, 6) is -1.41. The van der Waals surface area contributed by atoms with Gasteiger partial charge in [0.05, 0.1) is 11.3 Å². The molecular weight excluding hydrogens is 271 g/mol. The molecule has 2 aromatic rings. The van der Waals surface area contributed by atoms with Gasteiger partial charge in [-0.15, -0.1) is 0 Å². The fraction of sp³-hybridized carbons (Fsp3) is 0.0769. The molecule has 0 atom stereocenters. The summed E-state index contributed by atoms with van der Waals surface area (Å²) in [7, 11) is 0. The number of nitrogens with zero attached hydrogens (tertiary/aromatic N) is 1. The van der Waals surface area contributed by atoms with Crippen molar-refractivity contribution in [1.82, 2.24) is 4.98 Å². The lowest BCUT2D eigenvalue weighted by Gasteiger charge is -2.08. The highest BCUT2D eigenvalue weighted by atomic mass is 35.5. The van der Waals surface area contributed by atoms with Crippen molar-refractivity contribution in [1.29, 1.82) is 0 Å². The fourth-order valence-corrected chi connectivity index (χ4v) is 1.77. The van der Waals surface area contributed by atoms with Crippen LogP contribution in [-0.4, -0.2) is 16.1 Å². The zero-order chi connectivity index (χ0) is 14.0. The quantitative estimate of drug-likeness (QED) is 0.843. The van der Waals surface area contributed by atoms with Gasteiger partial charge in [0.25, 0.3) is 0 Å². The average molecular weight is 281 g/mol. The molecule has 19 heavy (non-hydrogen) atoms. The van der Waals surface area contributed by atoms with Gasteiger partial charge < -0.3 is 10.4 Å². The van der Waals surface area contributed by atoms with Crippen LogP contribution in [0.4, 0.5) is 15.9 Å². The third-order valence-electron chi connectivity index (χ3n) is 2.43. The van der Waals surface area contributed by atoms with Crippen LogP contribution in [-0.2, 0) is 0 Å². The largest absolute Gasteiger partial charge is 0.478 e. The predicted molar refractivity (Wildman–Crippen MR) is 70.6 cm³/mol. The SMILES string of the molecule is Cc1ccc(F)c(Nc2cc(C(=O)O)cc(Cl)n2)c1. The van der Waals surface area contributed by atoms with Crippen LogP contribution in [0.15, 0.2) is 30.3 Å². The molecule has 6 heteroatoms. The van der Waals surface area contributed by atoms with Gasteiger partial charge in [-0.25, -0.2) is 14.2 Å². The van der Waals surface area contributed by atoms with E-state index in [1.807, 2.05) is 6.92 Å². The number of carboxylic acid groups (broad SMARTS) is 1. The number of hydrogen-bond acceptors (Lipinski definition) is 3. The van der Waals surface area contributed by atoms with Crippen LogP contribution in [0.1, 0.15) is 15.9 Å². The van der Waals surface area contributed by atoms with Crippen LogP contribution in [0.25, 0.3) is 0 Å². The molecule has 0 saturated carbocycles. The van der Waals surface area contributed by atoms with E-state index < -0.39 is 11.8 Å². The molecule has 2 rings (SSSR count). The van der Waals surface area contributed by atoms with Crippen molar-refractivity contribution in [3.8, 4) is 0 Å². The Hall–Kier alpha value is -2.14. The van der Waals surface area contributed by atoms with Gasteiger partial charge in [-0.05, 0) is 36.8 Å². The number of aryl methyl sites for hydroxylation is 1. The fourth-order valence-electron chi connectivity index (χ4n) is 1.56. The number of halogens is 2. The lowest BCUT2D eigenvalue weighted by Crippen LogP contribution is -2.02. The van der Waals surface area contributed by atoms with Crippen molar-refractivity contribution in [2.24, 2.45) is 0 Å². The van der Waals surface area contributed by atoms with E-state index in [-0.39, 0.29) is 22.2 Å². The molecule has 0 spiro atoms. The summed E-state index contributed by atoms with van der Waals surface area (Å²) < 4.78 is 13.6. The first-order valence-electron chi connectivity index (χ1n) is 5.40. The number of aromatic nitrogens is 1. The molecule has 98 valence electrons. The van der Waals surface area contributed by atoms with E-state index in [1.54, 1.807) is 12.1 Å². The van der Waals surface area contributed by atoms with Crippen LogP contribution >= 0.6 is 11.6 Å². The van der Waals surface area contributed by atoms with Crippen LogP contribution in [0.2, 0.25) is 5.15 Å². The molecule has 2 N–H and O–H groups in total. The molecule has 1 aromatic heterocycles. The number of benzene rings is 1. The monoisotopic (exact) mass is 280 g/mol. The summed E-state index contributed by atoms with van der Waals surface area (Å²) in [6.07, 6.45) is 0. The zero-order valence-corrected chi connectivity index (χ0v) is 10.7. The second kappa shape index (κ2) is 5.24. The summed E-state index contributed by atoms with van der Waals surface area (Å²) in [5, 5.41) is 11.6. The molecule has 0 saturated heterocycles. The first-order chi connectivity index (χ1) is 8.95. The summed E-state index contributed by atoms with van der Waals surface area (Å²) in [5.41, 5.74) is 1.06. The van der Waals surface area contributed by atoms with Crippen LogP contribution in [0, 0.1) is 12.7 Å². The van der Waals surface area contributed by atoms with Gasteiger partial charge in [0.1, 0.15) is 16.8 Å². The van der Waals surface area contributed by atoms with Gasteiger partial charge in [-0.2, -0.15) is 0 Å². The van der Waals surface area contributed by atoms with Gasteiger partial charge in [-0.3, -0.25) is 0 Å². The minimum absolute atomic E-state index is 0.0180. The lowest BCUT2D eigenvalue weighted by molar-refractivity contribution is 0.0697. The van der Waals surface area contributed by atoms with E-state index in [2.05, 4.69) is 10.3 Å². The number of hydrogen-bond donors (Lipinski definition) is 2. The molecule has 0 amide bonds. The molecule has 0 aliphatic carbocycles. The number of nitrogens with one attached hydrogen (secondary N) is 1. The van der Waals surface area contributed by atoms with E-state index >= 15 is 0 Å². The normalized spacial score (nSPS) is 10.3. The Morgan fingerprint density at radius 3 is 2.79 bits per heavy atom. The minimum Gasteiger partial charge on any atom is -0.478 e. The van der Waals surface area contributed by atoms with Crippen LogP contribution in [0.3, 0.4) is 0 Å². The van der Waals surface area contributed by atoms with Crippen molar-refractivity contribution in [2.75, 3.05) is 5.32 Å². The Morgan fingerprint density at radius 2 is 2.11 bits per heavy atom. The highest BCUT2D eigenvalue weighted by Gasteiger charge is 2.09. The number of rotatable bonds is 3. The molecule has 0 aliphatic rings. The minimum atomic E-state index is -1.13. The molecule has 1 aromatic carbocycles. The highest BCUT2D eigenvalue weighted by molar-refractivity contribution is 6.29. The molecule has 0 fully saturated rings. The van der Waals surface area contributed by atoms with E-state index in [9.17, 15) is 9.18 Å². The topological polar surface area (TPSA) is 62.2 Å². The maximum atomic E-state index is 13.6. The Bertz CT molecular complexity index is 647. The molecule has 0 bridgehead atoms. The Balaban J connectivity index is 2.38. The Labute approximate surface area is 113 Å². The summed E-state index contributed by atoms with van der Waals surface area (Å²) >= 11 is 5.72. The number of pyridine rings is 1. The number of carbonyl (C=O) groups is 1. The maximum absolute atomic E-state index is 13.6.